The lowest BCUT2D eigenvalue weighted by molar-refractivity contribution is -0.141. The number of aliphatic hydroxyl groups is 1. The number of aromatic nitrogens is 5. The van der Waals surface area contributed by atoms with Gasteiger partial charge in [0.05, 0.1) is 35.8 Å². The maximum atomic E-state index is 13.0. The molecule has 0 aromatic carbocycles. The van der Waals surface area contributed by atoms with Crippen molar-refractivity contribution in [1.82, 2.24) is 24.5 Å². The van der Waals surface area contributed by atoms with E-state index in [1.807, 2.05) is 0 Å². The van der Waals surface area contributed by atoms with Crippen LogP contribution in [-0.4, -0.2) is 35.7 Å². The van der Waals surface area contributed by atoms with Crippen LogP contribution < -0.4 is 5.56 Å². The summed E-state index contributed by atoms with van der Waals surface area (Å²) in [5.41, 5.74) is 0.427. The highest BCUT2D eigenvalue weighted by atomic mass is 19.4. The fourth-order valence-corrected chi connectivity index (χ4v) is 3.15. The molecule has 0 aliphatic heterocycles. The summed E-state index contributed by atoms with van der Waals surface area (Å²) >= 11 is 0. The minimum absolute atomic E-state index is 0.0451. The second-order valence-corrected chi connectivity index (χ2v) is 6.97. The van der Waals surface area contributed by atoms with Crippen molar-refractivity contribution in [3.8, 4) is 22.5 Å². The van der Waals surface area contributed by atoms with Crippen molar-refractivity contribution < 1.29 is 18.3 Å². The molecular formula is C21H16F3N5O2. The Labute approximate surface area is 173 Å². The minimum Gasteiger partial charge on any atom is -0.392 e. The highest BCUT2D eigenvalue weighted by molar-refractivity contribution is 5.93. The number of pyridine rings is 3. The first-order valence-corrected chi connectivity index (χ1v) is 9.26. The Morgan fingerprint density at radius 2 is 1.94 bits per heavy atom. The molecule has 0 saturated heterocycles. The van der Waals surface area contributed by atoms with E-state index in [1.54, 1.807) is 31.5 Å². The molecule has 1 unspecified atom stereocenters. The molecule has 10 heteroatoms. The molecule has 4 rings (SSSR count). The number of fused-ring (bicyclic) bond motifs is 1. The van der Waals surface area contributed by atoms with Crippen molar-refractivity contribution in [3.05, 3.63) is 71.3 Å². The third-order valence-electron chi connectivity index (χ3n) is 4.56. The summed E-state index contributed by atoms with van der Waals surface area (Å²) in [6.45, 7) is 1.59. The first kappa shape index (κ1) is 20.6. The van der Waals surface area contributed by atoms with E-state index in [1.165, 1.54) is 23.0 Å². The average Bonchev–Trinajstić information content (AvgIpc) is 2.75. The molecule has 0 bridgehead atoms. The molecule has 158 valence electrons. The normalized spacial score (nSPS) is 12.8. The molecule has 4 heterocycles. The zero-order chi connectivity index (χ0) is 22.2. The molecule has 1 N–H and O–H groups in total. The summed E-state index contributed by atoms with van der Waals surface area (Å²) < 4.78 is 39.9. The van der Waals surface area contributed by atoms with E-state index in [2.05, 4.69) is 19.9 Å². The molecule has 1 atom stereocenters. The van der Waals surface area contributed by atoms with Gasteiger partial charge in [-0.3, -0.25) is 19.3 Å². The van der Waals surface area contributed by atoms with Crippen LogP contribution in [0.4, 0.5) is 13.2 Å². The van der Waals surface area contributed by atoms with Gasteiger partial charge in [-0.05, 0) is 37.3 Å². The Morgan fingerprint density at radius 1 is 1.13 bits per heavy atom. The van der Waals surface area contributed by atoms with Gasteiger partial charge in [0.15, 0.2) is 0 Å². The van der Waals surface area contributed by atoms with Gasteiger partial charge in [0, 0.05) is 29.7 Å². The summed E-state index contributed by atoms with van der Waals surface area (Å²) in [6.07, 6.45) is 0.204. The van der Waals surface area contributed by atoms with Crippen LogP contribution in [0.2, 0.25) is 0 Å². The highest BCUT2D eigenvalue weighted by Gasteiger charge is 2.32. The van der Waals surface area contributed by atoms with Gasteiger partial charge < -0.3 is 5.11 Å². The first-order valence-electron chi connectivity index (χ1n) is 9.26. The number of nitrogens with zero attached hydrogens (tertiary/aromatic N) is 5. The van der Waals surface area contributed by atoms with Crippen molar-refractivity contribution in [3.63, 3.8) is 0 Å². The maximum absolute atomic E-state index is 13.0. The van der Waals surface area contributed by atoms with Crippen LogP contribution in [0.5, 0.6) is 0 Å². The summed E-state index contributed by atoms with van der Waals surface area (Å²) in [5.74, 6) is 0. The van der Waals surface area contributed by atoms with Crippen LogP contribution in [0.25, 0.3) is 33.4 Å². The lowest BCUT2D eigenvalue weighted by atomic mass is 10.1. The number of halogens is 3. The predicted molar refractivity (Wildman–Crippen MR) is 107 cm³/mol. The maximum Gasteiger partial charge on any atom is 0.433 e. The Hall–Kier alpha value is -3.66. The van der Waals surface area contributed by atoms with Crippen molar-refractivity contribution >= 4 is 10.9 Å². The highest BCUT2D eigenvalue weighted by Crippen LogP contribution is 2.31. The number of alkyl halides is 3. The van der Waals surface area contributed by atoms with Crippen LogP contribution in [0, 0.1) is 0 Å². The van der Waals surface area contributed by atoms with Gasteiger partial charge in [-0.1, -0.05) is 0 Å². The number of aliphatic hydroxyl groups excluding tert-OH is 1. The van der Waals surface area contributed by atoms with Crippen LogP contribution >= 0.6 is 0 Å². The van der Waals surface area contributed by atoms with E-state index in [9.17, 15) is 23.1 Å². The SMILES string of the molecule is CC(O)Cn1cnc2c(-c3cccnc3)nc(-c3ccc(C(F)(F)F)nc3)cc2c1=O. The zero-order valence-electron chi connectivity index (χ0n) is 16.2. The fourth-order valence-electron chi connectivity index (χ4n) is 3.15. The van der Waals surface area contributed by atoms with E-state index in [4.69, 9.17) is 0 Å². The summed E-state index contributed by atoms with van der Waals surface area (Å²) in [7, 11) is 0. The molecule has 0 aliphatic rings. The molecule has 0 aliphatic carbocycles. The Balaban J connectivity index is 1.95. The Morgan fingerprint density at radius 3 is 2.55 bits per heavy atom. The molecule has 0 fully saturated rings. The van der Waals surface area contributed by atoms with Gasteiger partial charge in [-0.15, -0.1) is 0 Å². The number of rotatable bonds is 4. The molecule has 31 heavy (non-hydrogen) atoms. The largest absolute Gasteiger partial charge is 0.433 e. The Bertz CT molecular complexity index is 1290. The number of hydrogen-bond acceptors (Lipinski definition) is 6. The van der Waals surface area contributed by atoms with Gasteiger partial charge in [0.25, 0.3) is 5.56 Å². The van der Waals surface area contributed by atoms with Crippen molar-refractivity contribution in [2.45, 2.75) is 25.7 Å². The summed E-state index contributed by atoms with van der Waals surface area (Å²) in [4.78, 5) is 29.5. The number of hydrogen-bond donors (Lipinski definition) is 1. The van der Waals surface area contributed by atoms with Gasteiger partial charge in [0.2, 0.25) is 0 Å². The molecule has 0 saturated carbocycles. The second kappa shape index (κ2) is 7.88. The molecule has 7 nitrogen and oxygen atoms in total. The fraction of sp³-hybridized carbons (Fsp3) is 0.190. The van der Waals surface area contributed by atoms with E-state index >= 15 is 0 Å². The summed E-state index contributed by atoms with van der Waals surface area (Å²) in [5, 5.41) is 9.87. The lowest BCUT2D eigenvalue weighted by Gasteiger charge is -2.12. The molecule has 4 aromatic rings. The minimum atomic E-state index is -4.56. The van der Waals surface area contributed by atoms with Crippen LogP contribution in [0.15, 0.2) is 60.0 Å². The van der Waals surface area contributed by atoms with E-state index in [0.29, 0.717) is 22.3 Å². The average molecular weight is 427 g/mol. The predicted octanol–water partition coefficient (Wildman–Crippen LogP) is 3.32. The van der Waals surface area contributed by atoms with Crippen LogP contribution in [0.3, 0.4) is 0 Å². The Kier molecular flexibility index (Phi) is 5.24. The van der Waals surface area contributed by atoms with E-state index < -0.39 is 23.5 Å². The van der Waals surface area contributed by atoms with Gasteiger partial charge >= 0.3 is 6.18 Å². The smallest absolute Gasteiger partial charge is 0.392 e. The third kappa shape index (κ3) is 4.15. The second-order valence-electron chi connectivity index (χ2n) is 6.97. The van der Waals surface area contributed by atoms with Gasteiger partial charge in [-0.2, -0.15) is 13.2 Å². The van der Waals surface area contributed by atoms with Crippen LogP contribution in [0.1, 0.15) is 12.6 Å². The quantitative estimate of drug-likeness (QED) is 0.537. The van der Waals surface area contributed by atoms with Crippen molar-refractivity contribution in [2.75, 3.05) is 0 Å². The standard InChI is InChI=1S/C21H16F3N5O2/c1-12(30)10-29-11-27-19-15(20(29)31)7-16(28-18(19)14-3-2-6-25-8-14)13-4-5-17(26-9-13)21(22,23)24/h2-9,11-12,30H,10H2,1H3. The third-order valence-corrected chi connectivity index (χ3v) is 4.56. The van der Waals surface area contributed by atoms with Crippen molar-refractivity contribution in [1.29, 1.82) is 0 Å². The van der Waals surface area contributed by atoms with Gasteiger partial charge in [0.1, 0.15) is 11.2 Å². The molecule has 0 amide bonds. The molecule has 0 radical (unpaired) electrons. The molecule has 0 spiro atoms. The van der Waals surface area contributed by atoms with Crippen LogP contribution in [-0.2, 0) is 12.7 Å². The zero-order valence-corrected chi connectivity index (χ0v) is 16.2. The first-order chi connectivity index (χ1) is 14.7. The van der Waals surface area contributed by atoms with Crippen molar-refractivity contribution in [2.24, 2.45) is 0 Å². The van der Waals surface area contributed by atoms with E-state index in [-0.39, 0.29) is 17.6 Å². The topological polar surface area (TPSA) is 93.8 Å². The molecular weight excluding hydrogens is 411 g/mol. The molecule has 4 aromatic heterocycles. The summed E-state index contributed by atoms with van der Waals surface area (Å²) in [6, 6.07) is 7.02. The lowest BCUT2D eigenvalue weighted by Crippen LogP contribution is -2.25. The van der Waals surface area contributed by atoms with E-state index in [0.717, 1.165) is 12.3 Å². The monoisotopic (exact) mass is 427 g/mol. The van der Waals surface area contributed by atoms with Gasteiger partial charge in [-0.25, -0.2) is 9.97 Å².